The zero-order valence-electron chi connectivity index (χ0n) is 10.7. The fourth-order valence-corrected chi connectivity index (χ4v) is 1.31. The standard InChI is InChI=1S/C11H21N3O4/c1-3-13-6-7(2)10(16)14-8(11(17)18)4-5-9(12)15/h7-8,13H,3-6H2,1-2H3,(H2,12,15)(H,14,16)(H,17,18)/t7?,8-/m1/s1. The van der Waals surface area contributed by atoms with Crippen molar-refractivity contribution < 1.29 is 19.5 Å². The number of amides is 2. The van der Waals surface area contributed by atoms with Crippen LogP contribution in [-0.4, -0.2) is 42.0 Å². The third-order valence-corrected chi connectivity index (χ3v) is 2.44. The van der Waals surface area contributed by atoms with E-state index >= 15 is 0 Å². The number of rotatable bonds is 9. The molecule has 0 saturated carbocycles. The Hall–Kier alpha value is -1.63. The highest BCUT2D eigenvalue weighted by Crippen LogP contribution is 2.00. The molecule has 0 spiro atoms. The maximum atomic E-state index is 11.7. The molecule has 0 aliphatic rings. The molecule has 18 heavy (non-hydrogen) atoms. The SMILES string of the molecule is CCNCC(C)C(=O)N[C@H](CCC(N)=O)C(=O)O. The van der Waals surface area contributed by atoms with Gasteiger partial charge < -0.3 is 21.5 Å². The van der Waals surface area contributed by atoms with E-state index in [1.807, 2.05) is 6.92 Å². The van der Waals surface area contributed by atoms with Crippen molar-refractivity contribution in [1.29, 1.82) is 0 Å². The van der Waals surface area contributed by atoms with E-state index in [-0.39, 0.29) is 24.7 Å². The quantitative estimate of drug-likeness (QED) is 0.426. The molecule has 0 aliphatic heterocycles. The van der Waals surface area contributed by atoms with Gasteiger partial charge in [0.1, 0.15) is 6.04 Å². The first-order chi connectivity index (χ1) is 8.38. The third-order valence-electron chi connectivity index (χ3n) is 2.44. The van der Waals surface area contributed by atoms with Gasteiger partial charge in [-0.15, -0.1) is 0 Å². The third kappa shape index (κ3) is 6.85. The lowest BCUT2D eigenvalue weighted by molar-refractivity contribution is -0.142. The monoisotopic (exact) mass is 259 g/mol. The van der Waals surface area contributed by atoms with Gasteiger partial charge in [0.25, 0.3) is 0 Å². The molecule has 0 heterocycles. The summed E-state index contributed by atoms with van der Waals surface area (Å²) < 4.78 is 0. The van der Waals surface area contributed by atoms with Crippen LogP contribution in [0.5, 0.6) is 0 Å². The predicted octanol–water partition coefficient (Wildman–Crippen LogP) is -0.933. The molecule has 2 amide bonds. The van der Waals surface area contributed by atoms with Crippen LogP contribution in [0.4, 0.5) is 0 Å². The summed E-state index contributed by atoms with van der Waals surface area (Å²) in [5.74, 6) is -2.44. The van der Waals surface area contributed by atoms with Crippen LogP contribution in [-0.2, 0) is 14.4 Å². The fraction of sp³-hybridized carbons (Fsp3) is 0.727. The number of carbonyl (C=O) groups excluding carboxylic acids is 2. The molecule has 0 radical (unpaired) electrons. The molecule has 0 aromatic rings. The number of primary amides is 1. The van der Waals surface area contributed by atoms with Crippen molar-refractivity contribution in [3.05, 3.63) is 0 Å². The van der Waals surface area contributed by atoms with Crippen molar-refractivity contribution in [3.63, 3.8) is 0 Å². The number of aliphatic carboxylic acids is 1. The molecule has 7 heteroatoms. The van der Waals surface area contributed by atoms with Gasteiger partial charge in [0.15, 0.2) is 0 Å². The minimum Gasteiger partial charge on any atom is -0.480 e. The second-order valence-corrected chi connectivity index (χ2v) is 4.11. The van der Waals surface area contributed by atoms with Gasteiger partial charge in [0.05, 0.1) is 0 Å². The van der Waals surface area contributed by atoms with Gasteiger partial charge in [0, 0.05) is 18.9 Å². The minimum atomic E-state index is -1.17. The zero-order chi connectivity index (χ0) is 14.1. The normalized spacial score (nSPS) is 13.7. The lowest BCUT2D eigenvalue weighted by Gasteiger charge is -2.17. The van der Waals surface area contributed by atoms with Crippen LogP contribution in [0.15, 0.2) is 0 Å². The van der Waals surface area contributed by atoms with Gasteiger partial charge >= 0.3 is 5.97 Å². The molecule has 5 N–H and O–H groups in total. The first-order valence-corrected chi connectivity index (χ1v) is 5.90. The van der Waals surface area contributed by atoms with Crippen LogP contribution in [0.1, 0.15) is 26.7 Å². The lowest BCUT2D eigenvalue weighted by atomic mass is 10.1. The van der Waals surface area contributed by atoms with E-state index in [4.69, 9.17) is 10.8 Å². The molecule has 0 aromatic carbocycles. The van der Waals surface area contributed by atoms with Gasteiger partial charge in [-0.25, -0.2) is 4.79 Å². The second kappa shape index (κ2) is 8.46. The Morgan fingerprint density at radius 1 is 1.33 bits per heavy atom. The van der Waals surface area contributed by atoms with Crippen molar-refractivity contribution >= 4 is 17.8 Å². The van der Waals surface area contributed by atoms with Crippen LogP contribution >= 0.6 is 0 Å². The van der Waals surface area contributed by atoms with Gasteiger partial charge in [-0.05, 0) is 13.0 Å². The molecular formula is C11H21N3O4. The molecule has 0 aliphatic carbocycles. The molecule has 0 saturated heterocycles. The highest BCUT2D eigenvalue weighted by Gasteiger charge is 2.22. The van der Waals surface area contributed by atoms with Crippen LogP contribution in [0.25, 0.3) is 0 Å². The average Bonchev–Trinajstić information content (AvgIpc) is 2.30. The summed E-state index contributed by atoms with van der Waals surface area (Å²) in [5, 5.41) is 14.3. The van der Waals surface area contributed by atoms with Gasteiger partial charge in [-0.2, -0.15) is 0 Å². The van der Waals surface area contributed by atoms with Gasteiger partial charge in [0.2, 0.25) is 11.8 Å². The van der Waals surface area contributed by atoms with Crippen molar-refractivity contribution in [2.45, 2.75) is 32.7 Å². The maximum Gasteiger partial charge on any atom is 0.326 e. The van der Waals surface area contributed by atoms with Crippen molar-refractivity contribution in [3.8, 4) is 0 Å². The zero-order valence-corrected chi connectivity index (χ0v) is 10.7. The Bertz CT molecular complexity index is 307. The molecule has 0 aromatic heterocycles. The van der Waals surface area contributed by atoms with E-state index in [0.29, 0.717) is 6.54 Å². The molecule has 104 valence electrons. The fourth-order valence-electron chi connectivity index (χ4n) is 1.31. The summed E-state index contributed by atoms with van der Waals surface area (Å²) in [7, 11) is 0. The van der Waals surface area contributed by atoms with E-state index in [9.17, 15) is 14.4 Å². The smallest absolute Gasteiger partial charge is 0.326 e. The van der Waals surface area contributed by atoms with E-state index in [0.717, 1.165) is 6.54 Å². The van der Waals surface area contributed by atoms with Crippen LogP contribution in [0.2, 0.25) is 0 Å². The number of nitrogens with two attached hydrogens (primary N) is 1. The summed E-state index contributed by atoms with van der Waals surface area (Å²) in [6, 6.07) is -1.07. The van der Waals surface area contributed by atoms with Crippen molar-refractivity contribution in [2.75, 3.05) is 13.1 Å². The Morgan fingerprint density at radius 3 is 2.39 bits per heavy atom. The number of hydrogen-bond acceptors (Lipinski definition) is 4. The number of hydrogen-bond donors (Lipinski definition) is 4. The molecule has 0 fully saturated rings. The van der Waals surface area contributed by atoms with E-state index < -0.39 is 17.9 Å². The number of carboxylic acids is 1. The van der Waals surface area contributed by atoms with Crippen LogP contribution < -0.4 is 16.4 Å². The topological polar surface area (TPSA) is 122 Å². The molecule has 1 unspecified atom stereocenters. The second-order valence-electron chi connectivity index (χ2n) is 4.11. The highest BCUT2D eigenvalue weighted by molar-refractivity contribution is 5.85. The Balaban J connectivity index is 4.26. The predicted molar refractivity (Wildman–Crippen MR) is 65.7 cm³/mol. The summed E-state index contributed by atoms with van der Waals surface area (Å²) in [5.41, 5.74) is 4.94. The van der Waals surface area contributed by atoms with E-state index in [1.54, 1.807) is 6.92 Å². The summed E-state index contributed by atoms with van der Waals surface area (Å²) in [6.45, 7) is 4.83. The van der Waals surface area contributed by atoms with E-state index in [1.165, 1.54) is 0 Å². The Morgan fingerprint density at radius 2 is 1.94 bits per heavy atom. The molecular weight excluding hydrogens is 238 g/mol. The molecule has 7 nitrogen and oxygen atoms in total. The number of nitrogens with one attached hydrogen (secondary N) is 2. The van der Waals surface area contributed by atoms with Crippen molar-refractivity contribution in [1.82, 2.24) is 10.6 Å². The maximum absolute atomic E-state index is 11.7. The molecule has 0 bridgehead atoms. The first kappa shape index (κ1) is 16.4. The average molecular weight is 259 g/mol. The summed E-state index contributed by atoms with van der Waals surface area (Å²) >= 11 is 0. The molecule has 0 rings (SSSR count). The Kier molecular flexibility index (Phi) is 7.69. The van der Waals surface area contributed by atoms with Gasteiger partial charge in [-0.3, -0.25) is 9.59 Å². The Labute approximate surface area is 106 Å². The molecule has 2 atom stereocenters. The number of carbonyl (C=O) groups is 3. The van der Waals surface area contributed by atoms with Gasteiger partial charge in [-0.1, -0.05) is 13.8 Å². The number of carboxylic acid groups (broad SMARTS) is 1. The highest BCUT2D eigenvalue weighted by atomic mass is 16.4. The lowest BCUT2D eigenvalue weighted by Crippen LogP contribution is -2.45. The largest absolute Gasteiger partial charge is 0.480 e. The van der Waals surface area contributed by atoms with Crippen LogP contribution in [0, 0.1) is 5.92 Å². The first-order valence-electron chi connectivity index (χ1n) is 5.90. The summed E-state index contributed by atoms with van der Waals surface area (Å²) in [6.07, 6.45) is -0.0663. The van der Waals surface area contributed by atoms with Crippen LogP contribution in [0.3, 0.4) is 0 Å². The summed E-state index contributed by atoms with van der Waals surface area (Å²) in [4.78, 5) is 33.2. The van der Waals surface area contributed by atoms with Crippen molar-refractivity contribution in [2.24, 2.45) is 11.7 Å². The van der Waals surface area contributed by atoms with E-state index in [2.05, 4.69) is 10.6 Å². The minimum absolute atomic E-state index is 0.00430.